The number of benzene rings is 1. The number of H-pyrrole nitrogens is 1. The predicted octanol–water partition coefficient (Wildman–Crippen LogP) is 3.74. The highest BCUT2D eigenvalue weighted by atomic mass is 32.2. The van der Waals surface area contributed by atoms with Gasteiger partial charge in [0.25, 0.3) is 5.69 Å². The van der Waals surface area contributed by atoms with Crippen molar-refractivity contribution in [3.63, 3.8) is 0 Å². The zero-order valence-electron chi connectivity index (χ0n) is 10.9. The van der Waals surface area contributed by atoms with Crippen LogP contribution in [0.25, 0.3) is 11.0 Å². The summed E-state index contributed by atoms with van der Waals surface area (Å²) >= 11 is 2.42. The molecule has 0 bridgehead atoms. The molecule has 0 aliphatic rings. The van der Waals surface area contributed by atoms with Gasteiger partial charge in [-0.1, -0.05) is 12.1 Å². The Balaban J connectivity index is 1.98. The first-order chi connectivity index (χ1) is 10.0. The van der Waals surface area contributed by atoms with Crippen LogP contribution in [0.15, 0.2) is 39.7 Å². The summed E-state index contributed by atoms with van der Waals surface area (Å²) in [5, 5.41) is 21.3. The van der Waals surface area contributed by atoms with Gasteiger partial charge in [-0.15, -0.1) is 11.3 Å². The molecule has 0 radical (unpaired) electrons. The van der Waals surface area contributed by atoms with Crippen LogP contribution in [0.1, 0.15) is 17.9 Å². The molecule has 2 N–H and O–H groups in total. The van der Waals surface area contributed by atoms with Crippen molar-refractivity contribution in [3.8, 4) is 0 Å². The van der Waals surface area contributed by atoms with Crippen LogP contribution in [0.5, 0.6) is 0 Å². The summed E-state index contributed by atoms with van der Waals surface area (Å²) in [4.78, 5) is 18.8. The number of nitro groups is 1. The molecule has 0 fully saturated rings. The van der Waals surface area contributed by atoms with E-state index in [-0.39, 0.29) is 5.69 Å². The number of aliphatic hydroxyl groups is 1. The summed E-state index contributed by atoms with van der Waals surface area (Å²) in [6, 6.07) is 8.97. The monoisotopic (exact) mass is 321 g/mol. The largest absolute Gasteiger partial charge is 0.388 e. The van der Waals surface area contributed by atoms with E-state index in [2.05, 4.69) is 9.97 Å². The second kappa shape index (κ2) is 5.47. The number of hydrogen-bond donors (Lipinski definition) is 2. The predicted molar refractivity (Wildman–Crippen MR) is 81.8 cm³/mol. The zero-order valence-corrected chi connectivity index (χ0v) is 12.6. The molecule has 1 atom stereocenters. The molecule has 2 aromatic heterocycles. The van der Waals surface area contributed by atoms with Crippen molar-refractivity contribution in [2.45, 2.75) is 22.4 Å². The maximum atomic E-state index is 11.1. The number of fused-ring (bicyclic) bond motifs is 1. The van der Waals surface area contributed by atoms with Gasteiger partial charge in [0, 0.05) is 10.9 Å². The van der Waals surface area contributed by atoms with Crippen LogP contribution in [0.3, 0.4) is 0 Å². The molecule has 0 spiro atoms. The molecule has 108 valence electrons. The smallest absolute Gasteiger partial charge is 0.294 e. The third kappa shape index (κ3) is 2.78. The van der Waals surface area contributed by atoms with Crippen LogP contribution < -0.4 is 0 Å². The van der Waals surface area contributed by atoms with Crippen molar-refractivity contribution in [3.05, 3.63) is 45.3 Å². The van der Waals surface area contributed by atoms with Crippen LogP contribution in [0.4, 0.5) is 5.69 Å². The van der Waals surface area contributed by atoms with Crippen molar-refractivity contribution >= 4 is 39.8 Å². The first kappa shape index (κ1) is 14.1. The van der Waals surface area contributed by atoms with Crippen molar-refractivity contribution in [2.24, 2.45) is 0 Å². The summed E-state index contributed by atoms with van der Waals surface area (Å²) in [5.41, 5.74) is 1.70. The number of rotatable bonds is 4. The molecule has 0 unspecified atom stereocenters. The van der Waals surface area contributed by atoms with E-state index in [1.54, 1.807) is 6.92 Å². The van der Waals surface area contributed by atoms with Gasteiger partial charge in [0.2, 0.25) is 0 Å². The molecule has 0 aliphatic heterocycles. The second-order valence-corrected chi connectivity index (χ2v) is 6.76. The van der Waals surface area contributed by atoms with Gasteiger partial charge in [-0.25, -0.2) is 4.98 Å². The van der Waals surface area contributed by atoms with Crippen LogP contribution in [0, 0.1) is 10.1 Å². The van der Waals surface area contributed by atoms with Crippen LogP contribution in [-0.4, -0.2) is 20.0 Å². The van der Waals surface area contributed by atoms with Crippen LogP contribution >= 0.6 is 23.1 Å². The molecule has 0 aliphatic carbocycles. The highest BCUT2D eigenvalue weighted by Crippen LogP contribution is 2.42. The lowest BCUT2D eigenvalue weighted by atomic mass is 10.3. The Morgan fingerprint density at radius 1 is 1.48 bits per heavy atom. The number of thiophene rings is 1. The van der Waals surface area contributed by atoms with E-state index in [4.69, 9.17) is 0 Å². The van der Waals surface area contributed by atoms with E-state index < -0.39 is 11.0 Å². The molecule has 2 heterocycles. The molecule has 0 amide bonds. The molecule has 8 heteroatoms. The lowest BCUT2D eigenvalue weighted by Gasteiger charge is -1.96. The van der Waals surface area contributed by atoms with E-state index in [9.17, 15) is 15.2 Å². The standard InChI is InChI=1S/C13H11N3O3S2/c1-7(17)11-6-10(16(18)19)12(20-11)21-13-14-8-4-2-3-5-9(8)15-13/h2-7,17H,1H3,(H,14,15)/t7-/m0/s1. The highest BCUT2D eigenvalue weighted by molar-refractivity contribution is 8.01. The van der Waals surface area contributed by atoms with Crippen LogP contribution in [0.2, 0.25) is 0 Å². The number of aliphatic hydroxyl groups excluding tert-OH is 1. The fourth-order valence-electron chi connectivity index (χ4n) is 1.85. The Bertz CT molecular complexity index is 777. The van der Waals surface area contributed by atoms with Crippen molar-refractivity contribution < 1.29 is 10.0 Å². The third-order valence-electron chi connectivity index (χ3n) is 2.86. The minimum Gasteiger partial charge on any atom is -0.388 e. The number of nitrogens with one attached hydrogen (secondary N) is 1. The third-order valence-corrected chi connectivity index (χ3v) is 5.23. The molecule has 3 aromatic rings. The number of aromatic nitrogens is 2. The van der Waals surface area contributed by atoms with Gasteiger partial charge in [0.05, 0.1) is 22.1 Å². The second-order valence-electron chi connectivity index (χ2n) is 4.42. The maximum Gasteiger partial charge on any atom is 0.294 e. The van der Waals surface area contributed by atoms with E-state index in [1.165, 1.54) is 29.2 Å². The first-order valence-electron chi connectivity index (χ1n) is 6.13. The minimum atomic E-state index is -0.723. The van der Waals surface area contributed by atoms with Crippen molar-refractivity contribution in [1.82, 2.24) is 9.97 Å². The number of aromatic amines is 1. The first-order valence-corrected chi connectivity index (χ1v) is 7.76. The lowest BCUT2D eigenvalue weighted by Crippen LogP contribution is -1.87. The number of hydrogen-bond acceptors (Lipinski definition) is 6. The Labute approximate surface area is 128 Å². The zero-order chi connectivity index (χ0) is 15.0. The van der Waals surface area contributed by atoms with E-state index in [0.29, 0.717) is 14.2 Å². The van der Waals surface area contributed by atoms with Crippen molar-refractivity contribution in [1.29, 1.82) is 0 Å². The Kier molecular flexibility index (Phi) is 3.66. The fraction of sp³-hybridized carbons (Fsp3) is 0.154. The quantitative estimate of drug-likeness (QED) is 0.564. The molecule has 6 nitrogen and oxygen atoms in total. The van der Waals surface area contributed by atoms with E-state index >= 15 is 0 Å². The normalized spacial score (nSPS) is 12.7. The Morgan fingerprint density at radius 3 is 2.90 bits per heavy atom. The van der Waals surface area contributed by atoms with Gasteiger partial charge in [-0.2, -0.15) is 0 Å². The van der Waals surface area contributed by atoms with Gasteiger partial charge in [-0.05, 0) is 30.8 Å². The minimum absolute atomic E-state index is 0.00126. The average molecular weight is 321 g/mol. The van der Waals surface area contributed by atoms with Gasteiger partial charge >= 0.3 is 0 Å². The van der Waals surface area contributed by atoms with Gasteiger partial charge < -0.3 is 10.1 Å². The van der Waals surface area contributed by atoms with E-state index in [1.807, 2.05) is 24.3 Å². The van der Waals surface area contributed by atoms with Crippen LogP contribution in [-0.2, 0) is 0 Å². The van der Waals surface area contributed by atoms with Gasteiger partial charge in [-0.3, -0.25) is 10.1 Å². The lowest BCUT2D eigenvalue weighted by molar-refractivity contribution is -0.387. The SMILES string of the molecule is C[C@H](O)c1cc([N+](=O)[O-])c(Sc2nc3ccccc3[nH]2)s1. The molecule has 3 rings (SSSR count). The van der Waals surface area contributed by atoms with Gasteiger partial charge in [0.15, 0.2) is 5.16 Å². The summed E-state index contributed by atoms with van der Waals surface area (Å²) < 4.78 is 0.509. The fourth-order valence-corrected chi connectivity index (χ4v) is 4.06. The van der Waals surface area contributed by atoms with Gasteiger partial charge in [0.1, 0.15) is 4.21 Å². The molecular formula is C13H11N3O3S2. The maximum absolute atomic E-state index is 11.1. The summed E-state index contributed by atoms with van der Waals surface area (Å²) in [6.45, 7) is 1.59. The molecule has 0 saturated carbocycles. The molecular weight excluding hydrogens is 310 g/mol. The topological polar surface area (TPSA) is 92.1 Å². The average Bonchev–Trinajstić information content (AvgIpc) is 3.02. The molecule has 1 aromatic carbocycles. The molecule has 0 saturated heterocycles. The Morgan fingerprint density at radius 2 is 2.24 bits per heavy atom. The number of nitrogens with zero attached hydrogens (tertiary/aromatic N) is 2. The Hall–Kier alpha value is -1.90. The summed E-state index contributed by atoms with van der Waals surface area (Å²) in [5.74, 6) is 0. The summed E-state index contributed by atoms with van der Waals surface area (Å²) in [6.07, 6.45) is -0.723. The number of imidazole rings is 1. The summed E-state index contributed by atoms with van der Waals surface area (Å²) in [7, 11) is 0. The number of para-hydroxylation sites is 2. The van der Waals surface area contributed by atoms with E-state index in [0.717, 1.165) is 11.0 Å². The molecule has 21 heavy (non-hydrogen) atoms. The highest BCUT2D eigenvalue weighted by Gasteiger charge is 2.22. The van der Waals surface area contributed by atoms with Crippen molar-refractivity contribution in [2.75, 3.05) is 0 Å².